The number of carbonyl (C=O) groups is 2. The van der Waals surface area contributed by atoms with Crippen LogP contribution in [0.25, 0.3) is 0 Å². The maximum Gasteiger partial charge on any atom is 0.295 e. The van der Waals surface area contributed by atoms with Crippen molar-refractivity contribution < 1.29 is 9.59 Å². The Morgan fingerprint density at radius 2 is 1.71 bits per heavy atom. The summed E-state index contributed by atoms with van der Waals surface area (Å²) in [6.45, 7) is 1.36. The lowest BCUT2D eigenvalue weighted by Gasteiger charge is -2.26. The zero-order chi connectivity index (χ0) is 12.3. The van der Waals surface area contributed by atoms with Crippen molar-refractivity contribution in [1.82, 2.24) is 4.90 Å². The van der Waals surface area contributed by atoms with Crippen LogP contribution in [0.2, 0.25) is 0 Å². The van der Waals surface area contributed by atoms with Crippen LogP contribution in [0.3, 0.4) is 0 Å². The fourth-order valence-corrected chi connectivity index (χ4v) is 2.06. The van der Waals surface area contributed by atoms with Gasteiger partial charge in [0.25, 0.3) is 11.7 Å². The summed E-state index contributed by atoms with van der Waals surface area (Å²) in [5, 5.41) is 0. The molecule has 0 aromatic heterocycles. The second-order valence-electron chi connectivity index (χ2n) is 4.27. The zero-order valence-electron chi connectivity index (χ0n) is 9.69. The number of hydrogen-bond acceptors (Lipinski definition) is 3. The minimum Gasteiger partial charge on any atom is -0.398 e. The van der Waals surface area contributed by atoms with Crippen LogP contribution in [-0.2, 0) is 4.79 Å². The Hall–Kier alpha value is -1.84. The first kappa shape index (κ1) is 11.6. The highest BCUT2D eigenvalue weighted by Crippen LogP contribution is 2.15. The maximum atomic E-state index is 12.0. The zero-order valence-corrected chi connectivity index (χ0v) is 9.69. The molecule has 1 aromatic rings. The van der Waals surface area contributed by atoms with Gasteiger partial charge in [0, 0.05) is 18.8 Å². The Morgan fingerprint density at radius 3 is 2.35 bits per heavy atom. The maximum absolute atomic E-state index is 12.0. The first-order valence-electron chi connectivity index (χ1n) is 5.88. The number of carbonyl (C=O) groups excluding carboxylic acids is 2. The number of Topliss-reactive ketones (excluding diaryl/α,β-unsaturated/α-hetero) is 1. The van der Waals surface area contributed by atoms with Gasteiger partial charge in [0.15, 0.2) is 0 Å². The van der Waals surface area contributed by atoms with Crippen molar-refractivity contribution in [3.63, 3.8) is 0 Å². The van der Waals surface area contributed by atoms with Crippen LogP contribution in [-0.4, -0.2) is 29.7 Å². The molecule has 0 unspecified atom stereocenters. The molecule has 1 aromatic carbocycles. The fourth-order valence-electron chi connectivity index (χ4n) is 2.06. The molecule has 0 spiro atoms. The molecule has 2 N–H and O–H groups in total. The van der Waals surface area contributed by atoms with Gasteiger partial charge in [-0.1, -0.05) is 12.1 Å². The molecule has 4 heteroatoms. The second kappa shape index (κ2) is 4.99. The number of hydrogen-bond donors (Lipinski definition) is 1. The molecule has 0 aliphatic carbocycles. The molecule has 17 heavy (non-hydrogen) atoms. The smallest absolute Gasteiger partial charge is 0.295 e. The van der Waals surface area contributed by atoms with E-state index in [-0.39, 0.29) is 0 Å². The molecule has 1 saturated heterocycles. The van der Waals surface area contributed by atoms with Gasteiger partial charge < -0.3 is 10.6 Å². The van der Waals surface area contributed by atoms with Gasteiger partial charge in [0.2, 0.25) is 0 Å². The number of ketones is 1. The summed E-state index contributed by atoms with van der Waals surface area (Å²) in [7, 11) is 0. The fraction of sp³-hybridized carbons (Fsp3) is 0.385. The number of nitrogen functional groups attached to an aromatic ring is 1. The normalized spacial score (nSPS) is 15.6. The van der Waals surface area contributed by atoms with Gasteiger partial charge in [-0.05, 0) is 31.4 Å². The SMILES string of the molecule is Nc1ccccc1C(=O)C(=O)N1CCCCC1. The van der Waals surface area contributed by atoms with E-state index in [9.17, 15) is 9.59 Å². The molecule has 0 radical (unpaired) electrons. The molecule has 4 nitrogen and oxygen atoms in total. The predicted octanol–water partition coefficient (Wildman–Crippen LogP) is 1.46. The van der Waals surface area contributed by atoms with E-state index in [0.717, 1.165) is 19.3 Å². The molecular formula is C13H16N2O2. The molecule has 90 valence electrons. The van der Waals surface area contributed by atoms with Crippen molar-refractivity contribution in [1.29, 1.82) is 0 Å². The van der Waals surface area contributed by atoms with E-state index in [4.69, 9.17) is 5.73 Å². The van der Waals surface area contributed by atoms with Crippen molar-refractivity contribution in [2.75, 3.05) is 18.8 Å². The number of nitrogens with zero attached hydrogens (tertiary/aromatic N) is 1. The van der Waals surface area contributed by atoms with Crippen LogP contribution >= 0.6 is 0 Å². The van der Waals surface area contributed by atoms with Gasteiger partial charge in [-0.15, -0.1) is 0 Å². The van der Waals surface area contributed by atoms with Gasteiger partial charge in [-0.3, -0.25) is 9.59 Å². The third kappa shape index (κ3) is 2.46. The summed E-state index contributed by atoms with van der Waals surface area (Å²) in [5.74, 6) is -0.924. The van der Waals surface area contributed by atoms with Gasteiger partial charge in [0.1, 0.15) is 0 Å². The van der Waals surface area contributed by atoms with E-state index < -0.39 is 11.7 Å². The third-order valence-electron chi connectivity index (χ3n) is 3.04. The quantitative estimate of drug-likeness (QED) is 0.477. The molecule has 1 amide bonds. The number of amides is 1. The van der Waals surface area contributed by atoms with Crippen LogP contribution in [0.4, 0.5) is 5.69 Å². The van der Waals surface area contributed by atoms with Gasteiger partial charge in [0.05, 0.1) is 5.56 Å². The largest absolute Gasteiger partial charge is 0.398 e. The van der Waals surface area contributed by atoms with Gasteiger partial charge >= 0.3 is 0 Å². The summed E-state index contributed by atoms with van der Waals surface area (Å²) in [6, 6.07) is 6.70. The number of rotatable bonds is 2. The molecule has 1 aliphatic rings. The van der Waals surface area contributed by atoms with Crippen molar-refractivity contribution in [3.05, 3.63) is 29.8 Å². The summed E-state index contributed by atoms with van der Waals surface area (Å²) < 4.78 is 0. The van der Waals surface area contributed by atoms with Crippen LogP contribution in [0.5, 0.6) is 0 Å². The number of para-hydroxylation sites is 1. The number of anilines is 1. The van der Waals surface area contributed by atoms with E-state index in [0.29, 0.717) is 24.3 Å². The number of piperidine rings is 1. The van der Waals surface area contributed by atoms with Crippen LogP contribution in [0.1, 0.15) is 29.6 Å². The first-order valence-corrected chi connectivity index (χ1v) is 5.88. The highest BCUT2D eigenvalue weighted by molar-refractivity contribution is 6.43. The van der Waals surface area contributed by atoms with Crippen molar-refractivity contribution in [2.24, 2.45) is 0 Å². The van der Waals surface area contributed by atoms with Crippen LogP contribution in [0, 0.1) is 0 Å². The van der Waals surface area contributed by atoms with Crippen molar-refractivity contribution in [3.8, 4) is 0 Å². The van der Waals surface area contributed by atoms with E-state index in [2.05, 4.69) is 0 Å². The summed E-state index contributed by atoms with van der Waals surface area (Å²) >= 11 is 0. The van der Waals surface area contributed by atoms with Crippen LogP contribution in [0.15, 0.2) is 24.3 Å². The molecule has 0 atom stereocenters. The lowest BCUT2D eigenvalue weighted by Crippen LogP contribution is -2.40. The standard InChI is InChI=1S/C13H16N2O2/c14-11-7-3-2-6-10(11)12(16)13(17)15-8-4-1-5-9-15/h2-3,6-7H,1,4-5,8-9,14H2. The van der Waals surface area contributed by atoms with E-state index in [1.165, 1.54) is 0 Å². The number of nitrogens with two attached hydrogens (primary N) is 1. The first-order chi connectivity index (χ1) is 8.20. The third-order valence-corrected chi connectivity index (χ3v) is 3.04. The molecule has 1 aliphatic heterocycles. The highest BCUT2D eigenvalue weighted by Gasteiger charge is 2.25. The number of likely N-dealkylation sites (tertiary alicyclic amines) is 1. The summed E-state index contributed by atoms with van der Waals surface area (Å²) in [5.41, 5.74) is 6.37. The molecule has 1 fully saturated rings. The summed E-state index contributed by atoms with van der Waals surface area (Å²) in [6.07, 6.45) is 3.08. The lowest BCUT2D eigenvalue weighted by molar-refractivity contribution is -0.127. The number of benzene rings is 1. The summed E-state index contributed by atoms with van der Waals surface area (Å²) in [4.78, 5) is 25.6. The molecule has 0 bridgehead atoms. The Labute approximate surface area is 100 Å². The van der Waals surface area contributed by atoms with Crippen molar-refractivity contribution >= 4 is 17.4 Å². The molecule has 2 rings (SSSR count). The molecule has 0 saturated carbocycles. The van der Waals surface area contributed by atoms with E-state index >= 15 is 0 Å². The molecular weight excluding hydrogens is 216 g/mol. The second-order valence-corrected chi connectivity index (χ2v) is 4.27. The van der Waals surface area contributed by atoms with Crippen molar-refractivity contribution in [2.45, 2.75) is 19.3 Å². The van der Waals surface area contributed by atoms with Gasteiger partial charge in [-0.2, -0.15) is 0 Å². The van der Waals surface area contributed by atoms with Crippen LogP contribution < -0.4 is 5.73 Å². The monoisotopic (exact) mass is 232 g/mol. The highest BCUT2D eigenvalue weighted by atomic mass is 16.2. The average molecular weight is 232 g/mol. The minimum atomic E-state index is -0.495. The lowest BCUT2D eigenvalue weighted by atomic mass is 10.1. The Bertz CT molecular complexity index is 437. The van der Waals surface area contributed by atoms with Gasteiger partial charge in [-0.25, -0.2) is 0 Å². The Morgan fingerprint density at radius 1 is 1.06 bits per heavy atom. The Balaban J connectivity index is 2.14. The Kier molecular flexibility index (Phi) is 3.42. The van der Waals surface area contributed by atoms with E-state index in [1.807, 2.05) is 0 Å². The minimum absolute atomic E-state index is 0.308. The predicted molar refractivity (Wildman–Crippen MR) is 65.6 cm³/mol. The molecule has 1 heterocycles. The average Bonchev–Trinajstić information content (AvgIpc) is 2.39. The topological polar surface area (TPSA) is 63.4 Å². The van der Waals surface area contributed by atoms with E-state index in [1.54, 1.807) is 29.2 Å².